The first kappa shape index (κ1) is 19.0. The van der Waals surface area contributed by atoms with Gasteiger partial charge >= 0.3 is 0 Å². The summed E-state index contributed by atoms with van der Waals surface area (Å²) in [4.78, 5) is 21.0. The standard InChI is InChI=1S/C23H16FN5O/c1-16-26-22(28-29(16)21-12-9-18(24)10-13-21)23(30)27-20-7-4-5-17(15-20)8-11-19-6-2-3-14-25-19/h2-7,9-10,12-15H,1H3,(H,27,30). The van der Waals surface area contributed by atoms with Gasteiger partial charge in [0.05, 0.1) is 5.69 Å². The molecule has 0 unspecified atom stereocenters. The molecule has 0 fully saturated rings. The number of halogens is 1. The Morgan fingerprint density at radius 3 is 2.63 bits per heavy atom. The van der Waals surface area contributed by atoms with Crippen LogP contribution in [0, 0.1) is 24.6 Å². The Bertz CT molecular complexity index is 1250. The van der Waals surface area contributed by atoms with Gasteiger partial charge in [0.1, 0.15) is 17.3 Å². The third-order valence-electron chi connectivity index (χ3n) is 4.16. The lowest BCUT2D eigenvalue weighted by Gasteiger charge is -2.03. The summed E-state index contributed by atoms with van der Waals surface area (Å²) < 4.78 is 14.6. The normalized spacial score (nSPS) is 10.2. The maximum Gasteiger partial charge on any atom is 0.295 e. The summed E-state index contributed by atoms with van der Waals surface area (Å²) in [5.41, 5.74) is 2.59. The highest BCUT2D eigenvalue weighted by Gasteiger charge is 2.15. The summed E-state index contributed by atoms with van der Waals surface area (Å²) in [6.45, 7) is 1.72. The number of carbonyl (C=O) groups is 1. The molecule has 1 amide bonds. The molecule has 1 N–H and O–H groups in total. The zero-order chi connectivity index (χ0) is 20.9. The molecular weight excluding hydrogens is 381 g/mol. The number of benzene rings is 2. The highest BCUT2D eigenvalue weighted by atomic mass is 19.1. The van der Waals surface area contributed by atoms with Crippen LogP contribution in [0.5, 0.6) is 0 Å². The minimum Gasteiger partial charge on any atom is -0.319 e. The molecule has 0 aliphatic heterocycles. The topological polar surface area (TPSA) is 72.7 Å². The van der Waals surface area contributed by atoms with Gasteiger partial charge in [0.25, 0.3) is 5.91 Å². The van der Waals surface area contributed by atoms with E-state index in [4.69, 9.17) is 0 Å². The predicted molar refractivity (Wildman–Crippen MR) is 111 cm³/mol. The summed E-state index contributed by atoms with van der Waals surface area (Å²) in [6, 6.07) is 18.5. The second-order valence-corrected chi connectivity index (χ2v) is 6.37. The van der Waals surface area contributed by atoms with E-state index in [1.165, 1.54) is 16.8 Å². The van der Waals surface area contributed by atoms with E-state index in [0.29, 0.717) is 22.9 Å². The van der Waals surface area contributed by atoms with Gasteiger partial charge in [0.15, 0.2) is 0 Å². The molecule has 0 saturated heterocycles. The van der Waals surface area contributed by atoms with Crippen molar-refractivity contribution in [2.45, 2.75) is 6.92 Å². The summed E-state index contributed by atoms with van der Waals surface area (Å²) in [5.74, 6) is 5.74. The van der Waals surface area contributed by atoms with Gasteiger partial charge in [-0.1, -0.05) is 18.1 Å². The lowest BCUT2D eigenvalue weighted by Crippen LogP contribution is -2.14. The van der Waals surface area contributed by atoms with Crippen molar-refractivity contribution in [3.8, 4) is 17.5 Å². The van der Waals surface area contributed by atoms with E-state index in [1.807, 2.05) is 24.3 Å². The number of aromatic nitrogens is 4. The second-order valence-electron chi connectivity index (χ2n) is 6.37. The van der Waals surface area contributed by atoms with Crippen molar-refractivity contribution >= 4 is 11.6 Å². The highest BCUT2D eigenvalue weighted by Crippen LogP contribution is 2.13. The van der Waals surface area contributed by atoms with Crippen molar-refractivity contribution in [3.63, 3.8) is 0 Å². The third kappa shape index (κ3) is 4.39. The van der Waals surface area contributed by atoms with Crippen molar-refractivity contribution < 1.29 is 9.18 Å². The highest BCUT2D eigenvalue weighted by molar-refractivity contribution is 6.01. The number of carbonyl (C=O) groups excluding carboxylic acids is 1. The fourth-order valence-corrected chi connectivity index (χ4v) is 2.75. The Morgan fingerprint density at radius 1 is 1.03 bits per heavy atom. The number of anilines is 1. The van der Waals surface area contributed by atoms with E-state index in [0.717, 1.165) is 5.56 Å². The number of nitrogens with zero attached hydrogens (tertiary/aromatic N) is 4. The van der Waals surface area contributed by atoms with Gasteiger partial charge in [0, 0.05) is 17.4 Å². The number of hydrogen-bond donors (Lipinski definition) is 1. The summed E-state index contributed by atoms with van der Waals surface area (Å²) >= 11 is 0. The van der Waals surface area contributed by atoms with Crippen molar-refractivity contribution in [1.29, 1.82) is 0 Å². The van der Waals surface area contributed by atoms with Gasteiger partial charge < -0.3 is 5.32 Å². The van der Waals surface area contributed by atoms with Crippen LogP contribution in [-0.2, 0) is 0 Å². The first-order valence-corrected chi connectivity index (χ1v) is 9.12. The SMILES string of the molecule is Cc1nc(C(=O)Nc2cccc(C#Cc3ccccn3)c2)nn1-c1ccc(F)cc1. The average molecular weight is 397 g/mol. The molecular formula is C23H16FN5O. The van der Waals surface area contributed by atoms with Crippen LogP contribution in [0.25, 0.3) is 5.69 Å². The molecule has 0 bridgehead atoms. The van der Waals surface area contributed by atoms with Crippen LogP contribution in [0.4, 0.5) is 10.1 Å². The molecule has 146 valence electrons. The number of hydrogen-bond acceptors (Lipinski definition) is 4. The smallest absolute Gasteiger partial charge is 0.295 e. The summed E-state index contributed by atoms with van der Waals surface area (Å²) in [7, 11) is 0. The Morgan fingerprint density at radius 2 is 1.87 bits per heavy atom. The molecule has 0 saturated carbocycles. The van der Waals surface area contributed by atoms with E-state index in [1.54, 1.807) is 43.5 Å². The monoisotopic (exact) mass is 397 g/mol. The number of nitrogens with one attached hydrogen (secondary N) is 1. The Labute approximate surface area is 172 Å². The number of rotatable bonds is 3. The number of amides is 1. The maximum atomic E-state index is 13.1. The first-order valence-electron chi connectivity index (χ1n) is 9.12. The van der Waals surface area contributed by atoms with Crippen LogP contribution in [0.1, 0.15) is 27.7 Å². The van der Waals surface area contributed by atoms with Crippen LogP contribution in [0.15, 0.2) is 72.9 Å². The van der Waals surface area contributed by atoms with Crippen LogP contribution in [0.2, 0.25) is 0 Å². The van der Waals surface area contributed by atoms with E-state index in [2.05, 4.69) is 32.2 Å². The Kier molecular flexibility index (Phi) is 5.31. The van der Waals surface area contributed by atoms with E-state index in [-0.39, 0.29) is 11.6 Å². The molecule has 4 aromatic rings. The lowest BCUT2D eigenvalue weighted by molar-refractivity contribution is 0.101. The maximum absolute atomic E-state index is 13.1. The van der Waals surface area contributed by atoms with Crippen molar-refractivity contribution in [3.05, 3.63) is 102 Å². The zero-order valence-electron chi connectivity index (χ0n) is 16.0. The minimum atomic E-state index is -0.450. The molecule has 6 nitrogen and oxygen atoms in total. The van der Waals surface area contributed by atoms with Crippen molar-refractivity contribution in [2.75, 3.05) is 5.32 Å². The molecule has 0 aliphatic carbocycles. The van der Waals surface area contributed by atoms with E-state index < -0.39 is 5.91 Å². The zero-order valence-corrected chi connectivity index (χ0v) is 16.0. The second kappa shape index (κ2) is 8.37. The molecule has 2 aromatic heterocycles. The van der Waals surface area contributed by atoms with Gasteiger partial charge in [-0.05, 0) is 67.4 Å². The molecule has 0 aliphatic rings. The van der Waals surface area contributed by atoms with Gasteiger partial charge in [-0.2, -0.15) is 0 Å². The number of aryl methyl sites for hydroxylation is 1. The van der Waals surface area contributed by atoms with Crippen LogP contribution < -0.4 is 5.32 Å². The van der Waals surface area contributed by atoms with Gasteiger partial charge in [-0.25, -0.2) is 19.0 Å². The largest absolute Gasteiger partial charge is 0.319 e. The quantitative estimate of drug-likeness (QED) is 0.534. The number of pyridine rings is 1. The lowest BCUT2D eigenvalue weighted by atomic mass is 10.2. The van der Waals surface area contributed by atoms with Crippen molar-refractivity contribution in [1.82, 2.24) is 19.7 Å². The van der Waals surface area contributed by atoms with Crippen molar-refractivity contribution in [2.24, 2.45) is 0 Å². The first-order chi connectivity index (χ1) is 14.6. The Hall–Kier alpha value is -4.31. The summed E-state index contributed by atoms with van der Waals surface area (Å²) in [5, 5.41) is 7.02. The van der Waals surface area contributed by atoms with Crippen LogP contribution in [-0.4, -0.2) is 25.7 Å². The third-order valence-corrected chi connectivity index (χ3v) is 4.16. The molecule has 30 heavy (non-hydrogen) atoms. The molecule has 4 rings (SSSR count). The molecule has 0 radical (unpaired) electrons. The van der Waals surface area contributed by atoms with Gasteiger partial charge in [-0.3, -0.25) is 4.79 Å². The predicted octanol–water partition coefficient (Wildman–Crippen LogP) is 3.76. The van der Waals surface area contributed by atoms with Crippen LogP contribution >= 0.6 is 0 Å². The van der Waals surface area contributed by atoms with Crippen LogP contribution in [0.3, 0.4) is 0 Å². The molecule has 2 aromatic carbocycles. The van der Waals surface area contributed by atoms with Gasteiger partial charge in [-0.15, -0.1) is 5.10 Å². The Balaban J connectivity index is 1.51. The molecule has 7 heteroatoms. The van der Waals surface area contributed by atoms with Gasteiger partial charge in [0.2, 0.25) is 5.82 Å². The fourth-order valence-electron chi connectivity index (χ4n) is 2.75. The fraction of sp³-hybridized carbons (Fsp3) is 0.0435. The molecule has 0 atom stereocenters. The molecule has 2 heterocycles. The van der Waals surface area contributed by atoms with E-state index >= 15 is 0 Å². The minimum absolute atomic E-state index is 0.0156. The molecule has 0 spiro atoms. The van der Waals surface area contributed by atoms with E-state index in [9.17, 15) is 9.18 Å². The summed E-state index contributed by atoms with van der Waals surface area (Å²) in [6.07, 6.45) is 1.68. The average Bonchev–Trinajstić information content (AvgIpc) is 3.16.